The third-order valence-electron chi connectivity index (χ3n) is 3.77. The molecule has 102 valence electrons. The van der Waals surface area contributed by atoms with Gasteiger partial charge in [-0.2, -0.15) is 0 Å². The summed E-state index contributed by atoms with van der Waals surface area (Å²) in [6, 6.07) is 10.9. The van der Waals surface area contributed by atoms with Crippen LogP contribution in [0, 0.1) is 0 Å². The van der Waals surface area contributed by atoms with Crippen LogP contribution in [0.2, 0.25) is 0 Å². The minimum absolute atomic E-state index is 0.344. The SMILES string of the molecule is CNc1cccc2c1C(=O)C(=O)c1c-2nc2ccccn12. The first-order chi connectivity index (χ1) is 10.2. The highest BCUT2D eigenvalue weighted by Crippen LogP contribution is 2.36. The molecule has 0 bridgehead atoms. The summed E-state index contributed by atoms with van der Waals surface area (Å²) in [6.45, 7) is 0. The van der Waals surface area contributed by atoms with Crippen molar-refractivity contribution in [2.24, 2.45) is 0 Å². The fourth-order valence-corrected chi connectivity index (χ4v) is 2.82. The van der Waals surface area contributed by atoms with Crippen LogP contribution in [0.4, 0.5) is 5.69 Å². The van der Waals surface area contributed by atoms with Gasteiger partial charge in [0.15, 0.2) is 0 Å². The second-order valence-corrected chi connectivity index (χ2v) is 4.87. The van der Waals surface area contributed by atoms with E-state index in [-0.39, 0.29) is 0 Å². The third-order valence-corrected chi connectivity index (χ3v) is 3.77. The van der Waals surface area contributed by atoms with Crippen molar-refractivity contribution in [1.82, 2.24) is 9.38 Å². The maximum Gasteiger partial charge on any atom is 0.252 e. The van der Waals surface area contributed by atoms with Gasteiger partial charge in [0.05, 0.1) is 5.56 Å². The van der Waals surface area contributed by atoms with Gasteiger partial charge in [0.1, 0.15) is 17.0 Å². The summed E-state index contributed by atoms with van der Waals surface area (Å²) in [5.41, 5.74) is 3.32. The Labute approximate surface area is 120 Å². The average Bonchev–Trinajstić information content (AvgIpc) is 2.91. The molecule has 2 heterocycles. The lowest BCUT2D eigenvalue weighted by Crippen LogP contribution is -2.23. The summed E-state index contributed by atoms with van der Waals surface area (Å²) in [6.07, 6.45) is 1.75. The zero-order valence-electron chi connectivity index (χ0n) is 11.3. The van der Waals surface area contributed by atoms with E-state index in [9.17, 15) is 9.59 Å². The topological polar surface area (TPSA) is 63.5 Å². The monoisotopic (exact) mass is 277 g/mol. The van der Waals surface area contributed by atoms with E-state index in [4.69, 9.17) is 0 Å². The zero-order chi connectivity index (χ0) is 14.6. The van der Waals surface area contributed by atoms with E-state index in [1.54, 1.807) is 23.7 Å². The molecule has 5 heteroatoms. The maximum absolute atomic E-state index is 12.5. The van der Waals surface area contributed by atoms with E-state index in [1.807, 2.05) is 30.3 Å². The molecule has 4 rings (SSSR count). The second kappa shape index (κ2) is 4.02. The van der Waals surface area contributed by atoms with Gasteiger partial charge in [-0.05, 0) is 18.2 Å². The predicted octanol–water partition coefficient (Wildman–Crippen LogP) is 2.42. The molecule has 0 aliphatic heterocycles. The first kappa shape index (κ1) is 11.8. The molecule has 1 aliphatic rings. The van der Waals surface area contributed by atoms with Gasteiger partial charge in [0, 0.05) is 24.5 Å². The summed E-state index contributed by atoms with van der Waals surface area (Å²) < 4.78 is 1.67. The van der Waals surface area contributed by atoms with Crippen LogP contribution in [0.15, 0.2) is 42.6 Å². The van der Waals surface area contributed by atoms with Gasteiger partial charge in [0.2, 0.25) is 5.78 Å². The molecule has 0 radical (unpaired) electrons. The van der Waals surface area contributed by atoms with E-state index in [0.29, 0.717) is 33.8 Å². The summed E-state index contributed by atoms with van der Waals surface area (Å²) in [5.74, 6) is -1.01. The Kier molecular flexibility index (Phi) is 2.27. The number of nitrogens with one attached hydrogen (secondary N) is 1. The van der Waals surface area contributed by atoms with Crippen molar-refractivity contribution in [3.63, 3.8) is 0 Å². The van der Waals surface area contributed by atoms with Gasteiger partial charge < -0.3 is 5.32 Å². The van der Waals surface area contributed by atoms with E-state index in [1.165, 1.54) is 0 Å². The Morgan fingerprint density at radius 1 is 1.05 bits per heavy atom. The summed E-state index contributed by atoms with van der Waals surface area (Å²) >= 11 is 0. The first-order valence-electron chi connectivity index (χ1n) is 6.59. The minimum Gasteiger partial charge on any atom is -0.388 e. The molecule has 0 spiro atoms. The number of ketones is 2. The molecule has 21 heavy (non-hydrogen) atoms. The van der Waals surface area contributed by atoms with Crippen LogP contribution in [0.25, 0.3) is 16.9 Å². The Hall–Kier alpha value is -2.95. The Morgan fingerprint density at radius 3 is 2.71 bits per heavy atom. The number of rotatable bonds is 1. The molecule has 2 aromatic heterocycles. The highest BCUT2D eigenvalue weighted by molar-refractivity contribution is 6.53. The quantitative estimate of drug-likeness (QED) is 0.694. The Balaban J connectivity index is 2.16. The maximum atomic E-state index is 12.5. The molecule has 1 aliphatic carbocycles. The summed E-state index contributed by atoms with van der Waals surface area (Å²) in [4.78, 5) is 29.5. The van der Waals surface area contributed by atoms with Crippen LogP contribution in [0.5, 0.6) is 0 Å². The second-order valence-electron chi connectivity index (χ2n) is 4.87. The molecule has 5 nitrogen and oxygen atoms in total. The normalized spacial score (nSPS) is 13.2. The molecule has 0 fully saturated rings. The number of pyridine rings is 1. The molecule has 0 saturated heterocycles. The minimum atomic E-state index is -0.515. The van der Waals surface area contributed by atoms with E-state index >= 15 is 0 Å². The van der Waals surface area contributed by atoms with E-state index in [2.05, 4.69) is 10.3 Å². The van der Waals surface area contributed by atoms with E-state index in [0.717, 1.165) is 0 Å². The summed E-state index contributed by atoms with van der Waals surface area (Å²) in [7, 11) is 1.73. The Bertz CT molecular complexity index is 924. The van der Waals surface area contributed by atoms with Crippen molar-refractivity contribution in [3.8, 4) is 11.3 Å². The molecule has 1 aromatic carbocycles. The smallest absolute Gasteiger partial charge is 0.252 e. The fraction of sp³-hybridized carbons (Fsp3) is 0.0625. The number of nitrogens with zero attached hydrogens (tertiary/aromatic N) is 2. The van der Waals surface area contributed by atoms with Crippen molar-refractivity contribution >= 4 is 22.9 Å². The number of carbonyl (C=O) groups is 2. The number of hydrogen-bond donors (Lipinski definition) is 1. The number of anilines is 1. The number of carbonyl (C=O) groups excluding carboxylic acids is 2. The predicted molar refractivity (Wildman–Crippen MR) is 78.8 cm³/mol. The van der Waals surface area contributed by atoms with Crippen molar-refractivity contribution in [2.75, 3.05) is 12.4 Å². The number of aromatic nitrogens is 2. The fourth-order valence-electron chi connectivity index (χ4n) is 2.82. The third kappa shape index (κ3) is 1.43. The molecule has 0 unspecified atom stereocenters. The van der Waals surface area contributed by atoms with Crippen LogP contribution >= 0.6 is 0 Å². The average molecular weight is 277 g/mol. The van der Waals surface area contributed by atoms with Gasteiger partial charge in [-0.3, -0.25) is 14.0 Å². The first-order valence-corrected chi connectivity index (χ1v) is 6.59. The van der Waals surface area contributed by atoms with Crippen molar-refractivity contribution in [1.29, 1.82) is 0 Å². The molecule has 3 aromatic rings. The van der Waals surface area contributed by atoms with Crippen molar-refractivity contribution < 1.29 is 9.59 Å². The molecule has 0 saturated carbocycles. The van der Waals surface area contributed by atoms with Crippen LogP contribution in [-0.2, 0) is 0 Å². The van der Waals surface area contributed by atoms with Gasteiger partial charge in [0.25, 0.3) is 5.78 Å². The lowest BCUT2D eigenvalue weighted by molar-refractivity contribution is 0.0812. The van der Waals surface area contributed by atoms with Crippen LogP contribution in [0.1, 0.15) is 20.8 Å². The number of benzene rings is 1. The standard InChI is InChI=1S/C16H11N3O2/c1-17-10-6-4-5-9-12(10)15(20)16(21)14-13(9)18-11-7-2-3-8-19(11)14/h2-8,17H,1H3. The molecular formula is C16H11N3O2. The molecule has 0 amide bonds. The lowest BCUT2D eigenvalue weighted by atomic mass is 9.89. The molecular weight excluding hydrogens is 266 g/mol. The van der Waals surface area contributed by atoms with Crippen LogP contribution in [0.3, 0.4) is 0 Å². The van der Waals surface area contributed by atoms with Gasteiger partial charge in [-0.25, -0.2) is 4.98 Å². The largest absolute Gasteiger partial charge is 0.388 e. The summed E-state index contributed by atoms with van der Waals surface area (Å²) in [5, 5.41) is 2.96. The van der Waals surface area contributed by atoms with Gasteiger partial charge in [-0.1, -0.05) is 18.2 Å². The molecule has 0 atom stereocenters. The number of imidazole rings is 1. The lowest BCUT2D eigenvalue weighted by Gasteiger charge is -2.17. The number of fused-ring (bicyclic) bond motifs is 5. The number of hydrogen-bond acceptors (Lipinski definition) is 4. The van der Waals surface area contributed by atoms with Gasteiger partial charge >= 0.3 is 0 Å². The van der Waals surface area contributed by atoms with Crippen LogP contribution in [-0.4, -0.2) is 28.0 Å². The highest BCUT2D eigenvalue weighted by atomic mass is 16.2. The van der Waals surface area contributed by atoms with Gasteiger partial charge in [-0.15, -0.1) is 0 Å². The Morgan fingerprint density at radius 2 is 1.90 bits per heavy atom. The van der Waals surface area contributed by atoms with Crippen molar-refractivity contribution in [3.05, 3.63) is 53.9 Å². The van der Waals surface area contributed by atoms with Crippen molar-refractivity contribution in [2.45, 2.75) is 0 Å². The highest BCUT2D eigenvalue weighted by Gasteiger charge is 2.35. The van der Waals surface area contributed by atoms with E-state index < -0.39 is 11.6 Å². The van der Waals surface area contributed by atoms with Crippen LogP contribution < -0.4 is 5.32 Å². The zero-order valence-corrected chi connectivity index (χ0v) is 11.3. The molecule has 1 N–H and O–H groups in total. The number of Topliss-reactive ketones (excluding diaryl/α,β-unsaturated/α-hetero) is 2.